The van der Waals surface area contributed by atoms with Gasteiger partial charge in [0, 0.05) is 37.5 Å². The molecule has 3 aromatic heterocycles. The first kappa shape index (κ1) is 17.3. The molecule has 0 saturated carbocycles. The minimum atomic E-state index is -1.36. The molecule has 2 atom stereocenters. The van der Waals surface area contributed by atoms with Crippen LogP contribution in [0.4, 0.5) is 4.39 Å². The lowest BCUT2D eigenvalue weighted by molar-refractivity contribution is 0.158. The van der Waals surface area contributed by atoms with Gasteiger partial charge >= 0.3 is 0 Å². The standard InChI is InChI=1S/C20H21FN6/c1-14-5-4-6-16(20(14,2)21)10-27-12-19(23-13-27)17-9-15(7-8-22-17)18-11-26(3)25-24-18/h4-9,11-13,16H,10H2,1-3H3. The molecule has 0 aliphatic heterocycles. The molecule has 0 aromatic carbocycles. The number of hydrogen-bond donors (Lipinski definition) is 0. The number of hydrogen-bond acceptors (Lipinski definition) is 4. The Kier molecular flexibility index (Phi) is 4.22. The van der Waals surface area contributed by atoms with Crippen molar-refractivity contribution in [1.82, 2.24) is 29.5 Å². The van der Waals surface area contributed by atoms with Gasteiger partial charge in [-0.25, -0.2) is 9.37 Å². The summed E-state index contributed by atoms with van der Waals surface area (Å²) in [5, 5.41) is 8.10. The van der Waals surface area contributed by atoms with Crippen LogP contribution < -0.4 is 0 Å². The van der Waals surface area contributed by atoms with Crippen LogP contribution in [0, 0.1) is 5.92 Å². The van der Waals surface area contributed by atoms with E-state index in [1.165, 1.54) is 0 Å². The lowest BCUT2D eigenvalue weighted by atomic mass is 9.81. The van der Waals surface area contributed by atoms with E-state index in [0.717, 1.165) is 28.2 Å². The van der Waals surface area contributed by atoms with Gasteiger partial charge in [-0.1, -0.05) is 23.4 Å². The largest absolute Gasteiger partial charge is 0.336 e. The van der Waals surface area contributed by atoms with E-state index in [9.17, 15) is 0 Å². The van der Waals surface area contributed by atoms with Crippen molar-refractivity contribution in [3.05, 3.63) is 60.9 Å². The quantitative estimate of drug-likeness (QED) is 0.710. The van der Waals surface area contributed by atoms with Crippen LogP contribution in [-0.2, 0) is 13.6 Å². The summed E-state index contributed by atoms with van der Waals surface area (Å²) in [6.07, 6.45) is 12.9. The van der Waals surface area contributed by atoms with Crippen LogP contribution in [-0.4, -0.2) is 35.2 Å². The fourth-order valence-corrected chi connectivity index (χ4v) is 3.23. The highest BCUT2D eigenvalue weighted by Crippen LogP contribution is 2.35. The number of aromatic nitrogens is 6. The Morgan fingerprint density at radius 3 is 2.81 bits per heavy atom. The zero-order chi connectivity index (χ0) is 19.0. The van der Waals surface area contributed by atoms with Crippen molar-refractivity contribution in [3.8, 4) is 22.6 Å². The molecule has 2 unspecified atom stereocenters. The van der Waals surface area contributed by atoms with Crippen LogP contribution in [0.5, 0.6) is 0 Å². The van der Waals surface area contributed by atoms with Gasteiger partial charge in [0.05, 0.1) is 18.2 Å². The zero-order valence-electron chi connectivity index (χ0n) is 15.5. The van der Waals surface area contributed by atoms with E-state index in [-0.39, 0.29) is 5.92 Å². The van der Waals surface area contributed by atoms with Crippen LogP contribution in [0.2, 0.25) is 0 Å². The Labute approximate surface area is 157 Å². The Hall–Kier alpha value is -3.09. The Morgan fingerprint density at radius 1 is 1.19 bits per heavy atom. The predicted octanol–water partition coefficient (Wildman–Crippen LogP) is 3.60. The SMILES string of the molecule is CC1=CC=CC(Cn2cnc(-c3cc(-c4cn(C)nn4)ccn3)c2)C1(C)F. The normalized spacial score (nSPS) is 22.1. The maximum atomic E-state index is 15.0. The summed E-state index contributed by atoms with van der Waals surface area (Å²) in [7, 11) is 1.83. The van der Waals surface area contributed by atoms with Crippen LogP contribution in [0.1, 0.15) is 13.8 Å². The van der Waals surface area contributed by atoms with E-state index < -0.39 is 5.67 Å². The number of allylic oxidation sites excluding steroid dienone is 4. The first-order chi connectivity index (χ1) is 12.9. The minimum absolute atomic E-state index is 0.233. The number of pyridine rings is 1. The molecule has 138 valence electrons. The topological polar surface area (TPSA) is 61.4 Å². The van der Waals surface area contributed by atoms with Crippen molar-refractivity contribution in [2.75, 3.05) is 0 Å². The predicted molar refractivity (Wildman–Crippen MR) is 101 cm³/mol. The highest BCUT2D eigenvalue weighted by Gasteiger charge is 2.35. The van der Waals surface area contributed by atoms with Gasteiger partial charge in [-0.15, -0.1) is 5.10 Å². The second kappa shape index (κ2) is 6.57. The summed E-state index contributed by atoms with van der Waals surface area (Å²) >= 11 is 0. The third kappa shape index (κ3) is 3.32. The molecule has 3 aromatic rings. The fourth-order valence-electron chi connectivity index (χ4n) is 3.23. The average Bonchev–Trinajstić information content (AvgIpc) is 3.29. The van der Waals surface area contributed by atoms with Gasteiger partial charge in [0.2, 0.25) is 0 Å². The van der Waals surface area contributed by atoms with E-state index >= 15 is 4.39 Å². The molecule has 7 heteroatoms. The van der Waals surface area contributed by atoms with Crippen LogP contribution >= 0.6 is 0 Å². The highest BCUT2D eigenvalue weighted by atomic mass is 19.1. The molecule has 4 rings (SSSR count). The van der Waals surface area contributed by atoms with Gasteiger partial charge in [-0.3, -0.25) is 9.67 Å². The second-order valence-electron chi connectivity index (χ2n) is 7.08. The fraction of sp³-hybridized carbons (Fsp3) is 0.300. The van der Waals surface area contributed by atoms with Gasteiger partial charge in [-0.2, -0.15) is 0 Å². The minimum Gasteiger partial charge on any atom is -0.336 e. The summed E-state index contributed by atoms with van der Waals surface area (Å²) in [5.74, 6) is -0.233. The second-order valence-corrected chi connectivity index (χ2v) is 7.08. The van der Waals surface area contributed by atoms with E-state index in [2.05, 4.69) is 20.3 Å². The Balaban J connectivity index is 1.57. The van der Waals surface area contributed by atoms with Crippen molar-refractivity contribution in [3.63, 3.8) is 0 Å². The van der Waals surface area contributed by atoms with Crippen molar-refractivity contribution < 1.29 is 4.39 Å². The van der Waals surface area contributed by atoms with Gasteiger partial charge in [0.1, 0.15) is 17.1 Å². The van der Waals surface area contributed by atoms with Gasteiger partial charge in [-0.05, 0) is 31.6 Å². The summed E-state index contributed by atoms with van der Waals surface area (Å²) in [5.41, 5.74) is 2.58. The number of halogens is 1. The smallest absolute Gasteiger partial charge is 0.137 e. The molecule has 0 N–H and O–H groups in total. The summed E-state index contributed by atoms with van der Waals surface area (Å²) in [4.78, 5) is 8.87. The van der Waals surface area contributed by atoms with E-state index in [1.54, 1.807) is 24.1 Å². The van der Waals surface area contributed by atoms with E-state index in [0.29, 0.717) is 6.54 Å². The van der Waals surface area contributed by atoms with Gasteiger partial charge in [0.25, 0.3) is 0 Å². The molecule has 27 heavy (non-hydrogen) atoms. The molecule has 0 bridgehead atoms. The molecular formula is C20H21FN6. The van der Waals surface area contributed by atoms with E-state index in [1.807, 2.05) is 61.3 Å². The maximum Gasteiger partial charge on any atom is 0.137 e. The third-order valence-electron chi connectivity index (χ3n) is 5.12. The molecule has 3 heterocycles. The number of nitrogens with zero attached hydrogens (tertiary/aromatic N) is 6. The Bertz CT molecular complexity index is 1030. The first-order valence-corrected chi connectivity index (χ1v) is 8.83. The summed E-state index contributed by atoms with van der Waals surface area (Å²) in [6.45, 7) is 3.99. The molecule has 6 nitrogen and oxygen atoms in total. The molecular weight excluding hydrogens is 343 g/mol. The first-order valence-electron chi connectivity index (χ1n) is 8.83. The highest BCUT2D eigenvalue weighted by molar-refractivity contribution is 5.65. The van der Waals surface area contributed by atoms with Crippen molar-refractivity contribution in [2.24, 2.45) is 13.0 Å². The van der Waals surface area contributed by atoms with E-state index in [4.69, 9.17) is 0 Å². The van der Waals surface area contributed by atoms with Crippen LogP contribution in [0.15, 0.2) is 60.9 Å². The number of rotatable bonds is 4. The molecule has 0 fully saturated rings. The van der Waals surface area contributed by atoms with Gasteiger partial charge < -0.3 is 4.57 Å². The number of alkyl halides is 1. The molecule has 0 radical (unpaired) electrons. The van der Waals surface area contributed by atoms with Crippen molar-refractivity contribution in [1.29, 1.82) is 0 Å². The van der Waals surface area contributed by atoms with Crippen molar-refractivity contribution in [2.45, 2.75) is 26.1 Å². The zero-order valence-corrected chi connectivity index (χ0v) is 15.5. The molecule has 0 saturated heterocycles. The molecule has 1 aliphatic rings. The maximum absolute atomic E-state index is 15.0. The lowest BCUT2D eigenvalue weighted by Crippen LogP contribution is -2.34. The van der Waals surface area contributed by atoms with Gasteiger partial charge in [0.15, 0.2) is 0 Å². The van der Waals surface area contributed by atoms with Crippen LogP contribution in [0.3, 0.4) is 0 Å². The Morgan fingerprint density at radius 2 is 2.04 bits per heavy atom. The molecule has 1 aliphatic carbocycles. The van der Waals surface area contributed by atoms with Crippen molar-refractivity contribution >= 4 is 0 Å². The number of imidazole rings is 1. The monoisotopic (exact) mass is 364 g/mol. The summed E-state index contributed by atoms with van der Waals surface area (Å²) < 4.78 is 18.6. The van der Waals surface area contributed by atoms with Crippen LogP contribution in [0.25, 0.3) is 22.6 Å². The summed E-state index contributed by atoms with van der Waals surface area (Å²) in [6, 6.07) is 3.82. The average molecular weight is 364 g/mol. The third-order valence-corrected chi connectivity index (χ3v) is 5.12. The lowest BCUT2D eigenvalue weighted by Gasteiger charge is -2.31. The number of aryl methyl sites for hydroxylation is 1. The molecule has 0 amide bonds. The molecule has 0 spiro atoms.